The van der Waals surface area contributed by atoms with E-state index in [9.17, 15) is 14.0 Å². The number of aromatic nitrogens is 2. The number of ether oxygens (including phenoxy) is 1. The van der Waals surface area contributed by atoms with Crippen molar-refractivity contribution in [3.05, 3.63) is 59.7 Å². The highest BCUT2D eigenvalue weighted by Crippen LogP contribution is 2.24. The van der Waals surface area contributed by atoms with Crippen LogP contribution >= 0.6 is 0 Å². The van der Waals surface area contributed by atoms with Crippen LogP contribution in [-0.2, 0) is 11.2 Å². The van der Waals surface area contributed by atoms with Crippen molar-refractivity contribution in [2.75, 3.05) is 20.2 Å². The molecule has 8 heteroatoms. The summed E-state index contributed by atoms with van der Waals surface area (Å²) in [5.41, 5.74) is 2.54. The van der Waals surface area contributed by atoms with Gasteiger partial charge in [-0.05, 0) is 38.1 Å². The molecule has 3 aromatic rings. The van der Waals surface area contributed by atoms with E-state index >= 15 is 0 Å². The molecule has 0 radical (unpaired) electrons. The number of amides is 2. The third kappa shape index (κ3) is 3.97. The van der Waals surface area contributed by atoms with E-state index < -0.39 is 5.82 Å². The highest BCUT2D eigenvalue weighted by atomic mass is 19.1. The number of nitrogens with one attached hydrogen (secondary N) is 1. The number of methoxy groups -OCH3 is 1. The monoisotopic (exact) mass is 424 g/mol. The van der Waals surface area contributed by atoms with Gasteiger partial charge in [0.25, 0.3) is 5.91 Å². The number of halogens is 1. The zero-order valence-corrected chi connectivity index (χ0v) is 17.8. The molecular weight excluding hydrogens is 399 g/mol. The second kappa shape index (κ2) is 8.37. The van der Waals surface area contributed by atoms with Gasteiger partial charge in [-0.15, -0.1) is 0 Å². The summed E-state index contributed by atoms with van der Waals surface area (Å²) in [5, 5.41) is 0. The molecule has 0 bridgehead atoms. The summed E-state index contributed by atoms with van der Waals surface area (Å²) in [5.74, 6) is -0.660. The lowest BCUT2D eigenvalue weighted by Gasteiger charge is -2.44. The van der Waals surface area contributed by atoms with E-state index in [0.29, 0.717) is 18.8 Å². The van der Waals surface area contributed by atoms with Crippen LogP contribution < -0.4 is 4.74 Å². The second-order valence-electron chi connectivity index (χ2n) is 7.95. The quantitative estimate of drug-likeness (QED) is 0.698. The number of hydrogen-bond donors (Lipinski definition) is 1. The van der Waals surface area contributed by atoms with E-state index in [2.05, 4.69) is 9.97 Å². The smallest absolute Gasteiger partial charge is 0.257 e. The number of carbonyl (C=O) groups is 2. The maximum atomic E-state index is 14.4. The Bertz CT molecular complexity index is 1120. The Morgan fingerprint density at radius 3 is 2.65 bits per heavy atom. The molecule has 1 N–H and O–H groups in total. The van der Waals surface area contributed by atoms with Gasteiger partial charge < -0.3 is 19.5 Å². The largest absolute Gasteiger partial charge is 0.497 e. The van der Waals surface area contributed by atoms with Crippen molar-refractivity contribution in [2.24, 2.45) is 0 Å². The Hall–Kier alpha value is -3.42. The molecule has 1 saturated heterocycles. The Kier molecular flexibility index (Phi) is 5.63. The summed E-state index contributed by atoms with van der Waals surface area (Å²) in [4.78, 5) is 36.9. The van der Waals surface area contributed by atoms with E-state index in [-0.39, 0.29) is 35.9 Å². The molecule has 162 valence electrons. The van der Waals surface area contributed by atoms with Crippen LogP contribution in [-0.4, -0.2) is 63.9 Å². The van der Waals surface area contributed by atoms with Crippen molar-refractivity contribution < 1.29 is 18.7 Å². The molecule has 4 rings (SSSR count). The van der Waals surface area contributed by atoms with Crippen LogP contribution in [0.1, 0.15) is 29.8 Å². The fraction of sp³-hybridized carbons (Fsp3) is 0.348. The predicted octanol–water partition coefficient (Wildman–Crippen LogP) is 3.01. The lowest BCUT2D eigenvalue weighted by Crippen LogP contribution is -2.60. The minimum Gasteiger partial charge on any atom is -0.497 e. The first-order valence-corrected chi connectivity index (χ1v) is 10.2. The number of hydrogen-bond acceptors (Lipinski definition) is 4. The van der Waals surface area contributed by atoms with Crippen LogP contribution in [0.25, 0.3) is 11.0 Å². The summed E-state index contributed by atoms with van der Waals surface area (Å²) >= 11 is 0. The molecule has 0 unspecified atom stereocenters. The number of carbonyl (C=O) groups excluding carboxylic acids is 2. The van der Waals surface area contributed by atoms with E-state index in [4.69, 9.17) is 4.74 Å². The van der Waals surface area contributed by atoms with Crippen molar-refractivity contribution >= 4 is 22.8 Å². The minimum absolute atomic E-state index is 0.00384. The number of pyridine rings is 1. The first kappa shape index (κ1) is 20.8. The maximum absolute atomic E-state index is 14.4. The summed E-state index contributed by atoms with van der Waals surface area (Å²) < 4.78 is 19.5. The van der Waals surface area contributed by atoms with E-state index in [1.807, 2.05) is 32.2 Å². The predicted molar refractivity (Wildman–Crippen MR) is 114 cm³/mol. The molecule has 2 aromatic heterocycles. The molecule has 2 amide bonds. The van der Waals surface area contributed by atoms with Crippen molar-refractivity contribution in [2.45, 2.75) is 32.4 Å². The standard InChI is InChI=1S/C23H25FN4O3/c1-14-12-27(21(29)9-16-11-26-20-5-4-8-25-22(16)20)13-15(2)28(14)23(30)18-7-6-17(31-3)10-19(18)24/h4-8,10-11,14-15,26H,9,12-13H2,1-3H3/t14-,15-/m1/s1. The first-order valence-electron chi connectivity index (χ1n) is 10.2. The van der Waals surface area contributed by atoms with Gasteiger partial charge in [0.2, 0.25) is 5.91 Å². The normalized spacial score (nSPS) is 19.0. The molecule has 7 nitrogen and oxygen atoms in total. The highest BCUT2D eigenvalue weighted by Gasteiger charge is 2.36. The van der Waals surface area contributed by atoms with Crippen LogP contribution in [0.2, 0.25) is 0 Å². The molecule has 3 heterocycles. The van der Waals surface area contributed by atoms with Gasteiger partial charge in [0.1, 0.15) is 11.6 Å². The van der Waals surface area contributed by atoms with Gasteiger partial charge in [0.05, 0.1) is 30.1 Å². The zero-order chi connectivity index (χ0) is 22.1. The van der Waals surface area contributed by atoms with Crippen LogP contribution in [0.15, 0.2) is 42.7 Å². The molecule has 0 aliphatic carbocycles. The third-order valence-corrected chi connectivity index (χ3v) is 5.77. The van der Waals surface area contributed by atoms with Crippen LogP contribution in [0.5, 0.6) is 5.75 Å². The number of nitrogens with zero attached hydrogens (tertiary/aromatic N) is 3. The molecule has 1 aromatic carbocycles. The van der Waals surface area contributed by atoms with E-state index in [1.54, 1.807) is 22.1 Å². The number of rotatable bonds is 4. The molecule has 1 aliphatic heterocycles. The zero-order valence-electron chi connectivity index (χ0n) is 17.8. The maximum Gasteiger partial charge on any atom is 0.257 e. The summed E-state index contributed by atoms with van der Waals surface area (Å²) in [6, 6.07) is 7.49. The van der Waals surface area contributed by atoms with Gasteiger partial charge in [-0.1, -0.05) is 0 Å². The molecule has 1 fully saturated rings. The van der Waals surface area contributed by atoms with Crippen molar-refractivity contribution in [1.82, 2.24) is 19.8 Å². The number of aromatic amines is 1. The van der Waals surface area contributed by atoms with Crippen LogP contribution in [0, 0.1) is 5.82 Å². The Labute approximate surface area is 179 Å². The van der Waals surface area contributed by atoms with Crippen LogP contribution in [0.4, 0.5) is 4.39 Å². The summed E-state index contributed by atoms with van der Waals surface area (Å²) in [7, 11) is 1.45. The van der Waals surface area contributed by atoms with Crippen LogP contribution in [0.3, 0.4) is 0 Å². The van der Waals surface area contributed by atoms with Crippen molar-refractivity contribution in [1.29, 1.82) is 0 Å². The average Bonchev–Trinajstić information content (AvgIpc) is 3.15. The topological polar surface area (TPSA) is 78.5 Å². The summed E-state index contributed by atoms with van der Waals surface area (Å²) in [6.07, 6.45) is 3.75. The molecule has 2 atom stereocenters. The lowest BCUT2D eigenvalue weighted by atomic mass is 10.0. The molecule has 31 heavy (non-hydrogen) atoms. The fourth-order valence-electron chi connectivity index (χ4n) is 4.28. The summed E-state index contributed by atoms with van der Waals surface area (Å²) in [6.45, 7) is 4.54. The van der Waals surface area contributed by atoms with E-state index in [1.165, 1.54) is 19.2 Å². The van der Waals surface area contributed by atoms with Crippen molar-refractivity contribution in [3.63, 3.8) is 0 Å². The SMILES string of the molecule is COc1ccc(C(=O)N2[C@H](C)CN(C(=O)Cc3c[nH]c4cccnc34)C[C@H]2C)c(F)c1. The molecule has 1 aliphatic rings. The number of benzene rings is 1. The average molecular weight is 424 g/mol. The number of piperazine rings is 1. The Morgan fingerprint density at radius 2 is 1.97 bits per heavy atom. The lowest BCUT2D eigenvalue weighted by molar-refractivity contribution is -0.134. The fourth-order valence-corrected chi connectivity index (χ4v) is 4.28. The van der Waals surface area contributed by atoms with Crippen molar-refractivity contribution in [3.8, 4) is 5.75 Å². The highest BCUT2D eigenvalue weighted by molar-refractivity contribution is 5.95. The number of H-pyrrole nitrogens is 1. The van der Waals surface area contributed by atoms with Gasteiger partial charge >= 0.3 is 0 Å². The van der Waals surface area contributed by atoms with E-state index in [0.717, 1.165) is 16.6 Å². The minimum atomic E-state index is -0.617. The molecular formula is C23H25FN4O3. The second-order valence-corrected chi connectivity index (χ2v) is 7.95. The molecule has 0 spiro atoms. The molecule has 0 saturated carbocycles. The van der Waals surface area contributed by atoms with Gasteiger partial charge in [-0.25, -0.2) is 4.39 Å². The Balaban J connectivity index is 1.47. The number of fused-ring (bicyclic) bond motifs is 1. The van der Waals surface area contributed by atoms with Gasteiger partial charge in [0.15, 0.2) is 0 Å². The van der Waals surface area contributed by atoms with Gasteiger partial charge in [0, 0.05) is 49.2 Å². The van der Waals surface area contributed by atoms with Gasteiger partial charge in [-0.2, -0.15) is 0 Å². The first-order chi connectivity index (χ1) is 14.9. The van der Waals surface area contributed by atoms with Gasteiger partial charge in [-0.3, -0.25) is 14.6 Å². The third-order valence-electron chi connectivity index (χ3n) is 5.77. The Morgan fingerprint density at radius 1 is 1.23 bits per heavy atom.